The Hall–Kier alpha value is -0.970. The van der Waals surface area contributed by atoms with Gasteiger partial charge in [0.2, 0.25) is 0 Å². The Kier molecular flexibility index (Phi) is 7.13. The van der Waals surface area contributed by atoms with Crippen LogP contribution in [0.2, 0.25) is 0 Å². The Labute approximate surface area is 211 Å². The molecule has 35 heavy (non-hydrogen) atoms. The van der Waals surface area contributed by atoms with Crippen LogP contribution in [-0.2, 0) is 0 Å². The predicted octanol–water partition coefficient (Wildman–Crippen LogP) is 6.66. The lowest BCUT2D eigenvalue weighted by Crippen LogP contribution is -2.58. The number of hydrogen-bond donors (Lipinski definition) is 3. The zero-order chi connectivity index (χ0) is 25.0. The van der Waals surface area contributed by atoms with Gasteiger partial charge in [0.25, 0.3) is 0 Å². The zero-order valence-electron chi connectivity index (χ0n) is 22.0. The SMILES string of the molecule is CC(CCCC(O)c1cccc(F)c1)[C@H]1CC[C@H]2[C@@H]3CC[C@H]4[C@@H](O)[C@@H](O)CC[C@]4(C)[C@H]3CC[C@]12C. The first kappa shape index (κ1) is 25.7. The second-order valence-electron chi connectivity index (χ2n) is 13.4. The fraction of sp³-hybridized carbons (Fsp3) is 0.806. The minimum atomic E-state index is -0.583. The fourth-order valence-electron chi connectivity index (χ4n) is 10.0. The number of hydrogen-bond acceptors (Lipinski definition) is 3. The molecule has 4 fully saturated rings. The van der Waals surface area contributed by atoms with E-state index in [2.05, 4.69) is 20.8 Å². The maximum absolute atomic E-state index is 13.5. The zero-order valence-corrected chi connectivity index (χ0v) is 22.0. The lowest BCUT2D eigenvalue weighted by Gasteiger charge is -2.62. The van der Waals surface area contributed by atoms with Crippen LogP contribution in [0, 0.1) is 52.2 Å². The summed E-state index contributed by atoms with van der Waals surface area (Å²) in [7, 11) is 0. The van der Waals surface area contributed by atoms with Crippen molar-refractivity contribution in [2.75, 3.05) is 0 Å². The molecule has 0 aliphatic heterocycles. The Bertz CT molecular complexity index is 890. The van der Waals surface area contributed by atoms with Gasteiger partial charge in [0.1, 0.15) is 5.82 Å². The van der Waals surface area contributed by atoms with Crippen LogP contribution in [0.1, 0.15) is 103 Å². The summed E-state index contributed by atoms with van der Waals surface area (Å²) in [5.74, 6) is 3.60. The van der Waals surface area contributed by atoms with E-state index in [0.717, 1.165) is 49.9 Å². The van der Waals surface area contributed by atoms with Gasteiger partial charge in [-0.2, -0.15) is 0 Å². The number of aliphatic hydroxyl groups is 3. The van der Waals surface area contributed by atoms with E-state index >= 15 is 0 Å². The minimum Gasteiger partial charge on any atom is -0.390 e. The Balaban J connectivity index is 1.21. The molecule has 196 valence electrons. The highest BCUT2D eigenvalue weighted by Crippen LogP contribution is 2.68. The summed E-state index contributed by atoms with van der Waals surface area (Å²) in [5.41, 5.74) is 1.27. The quantitative estimate of drug-likeness (QED) is 0.421. The van der Waals surface area contributed by atoms with Gasteiger partial charge < -0.3 is 15.3 Å². The summed E-state index contributed by atoms with van der Waals surface area (Å²) in [6.07, 6.45) is 10.5. The third-order valence-electron chi connectivity index (χ3n) is 11.9. The monoisotopic (exact) mass is 486 g/mol. The highest BCUT2D eigenvalue weighted by molar-refractivity contribution is 5.18. The molecule has 11 atom stereocenters. The summed E-state index contributed by atoms with van der Waals surface area (Å²) in [5, 5.41) is 31.7. The molecule has 3 nitrogen and oxygen atoms in total. The molecule has 4 heteroatoms. The molecule has 0 amide bonds. The average molecular weight is 487 g/mol. The molecule has 0 spiro atoms. The van der Waals surface area contributed by atoms with Crippen LogP contribution < -0.4 is 0 Å². The first-order valence-electron chi connectivity index (χ1n) is 14.4. The van der Waals surface area contributed by atoms with E-state index in [-0.39, 0.29) is 17.2 Å². The highest BCUT2D eigenvalue weighted by Gasteiger charge is 2.61. The van der Waals surface area contributed by atoms with Gasteiger partial charge in [0.15, 0.2) is 0 Å². The van der Waals surface area contributed by atoms with E-state index in [1.165, 1.54) is 44.2 Å². The van der Waals surface area contributed by atoms with Crippen LogP contribution in [0.4, 0.5) is 4.39 Å². The van der Waals surface area contributed by atoms with Gasteiger partial charge in [0.05, 0.1) is 18.3 Å². The standard InChI is InChI=1S/C31H47FO3/c1-19(6-4-9-27(33)20-7-5-8-21(32)18-20)23-12-13-24-22-10-11-26-29(35)28(34)15-17-31(26,3)25(22)14-16-30(23,24)2/h5,7-8,18-19,22-29,33-35H,4,6,9-17H2,1-3H3/t19?,22-,23+,24-,25-,26-,27?,28-,29+,30+,31+/m0/s1. The molecule has 4 aliphatic carbocycles. The van der Waals surface area contributed by atoms with Gasteiger partial charge in [-0.25, -0.2) is 4.39 Å². The first-order chi connectivity index (χ1) is 16.6. The van der Waals surface area contributed by atoms with Gasteiger partial charge in [-0.15, -0.1) is 0 Å². The molecule has 4 saturated carbocycles. The van der Waals surface area contributed by atoms with E-state index < -0.39 is 18.3 Å². The molecule has 0 aromatic heterocycles. The highest BCUT2D eigenvalue weighted by atomic mass is 19.1. The van der Waals surface area contributed by atoms with Crippen molar-refractivity contribution in [3.63, 3.8) is 0 Å². The summed E-state index contributed by atoms with van der Waals surface area (Å²) in [6, 6.07) is 6.38. The smallest absolute Gasteiger partial charge is 0.123 e. The first-order valence-corrected chi connectivity index (χ1v) is 14.4. The molecule has 0 heterocycles. The Morgan fingerprint density at radius 2 is 1.63 bits per heavy atom. The lowest BCUT2D eigenvalue weighted by molar-refractivity contribution is -0.174. The maximum Gasteiger partial charge on any atom is 0.123 e. The van der Waals surface area contributed by atoms with Gasteiger partial charge in [-0.05, 0) is 122 Å². The molecule has 2 unspecified atom stereocenters. The summed E-state index contributed by atoms with van der Waals surface area (Å²) in [4.78, 5) is 0. The van der Waals surface area contributed by atoms with Crippen molar-refractivity contribution in [2.45, 2.75) is 110 Å². The van der Waals surface area contributed by atoms with Crippen LogP contribution in [-0.4, -0.2) is 27.5 Å². The van der Waals surface area contributed by atoms with E-state index in [0.29, 0.717) is 29.2 Å². The van der Waals surface area contributed by atoms with Crippen LogP contribution in [0.3, 0.4) is 0 Å². The molecular weight excluding hydrogens is 439 g/mol. The van der Waals surface area contributed by atoms with E-state index in [9.17, 15) is 19.7 Å². The molecular formula is C31H47FO3. The molecule has 0 radical (unpaired) electrons. The van der Waals surface area contributed by atoms with Crippen LogP contribution in [0.25, 0.3) is 0 Å². The van der Waals surface area contributed by atoms with Crippen LogP contribution >= 0.6 is 0 Å². The summed E-state index contributed by atoms with van der Waals surface area (Å²) >= 11 is 0. The number of halogens is 1. The number of aliphatic hydroxyl groups excluding tert-OH is 3. The second-order valence-corrected chi connectivity index (χ2v) is 13.4. The Morgan fingerprint density at radius 3 is 2.40 bits per heavy atom. The van der Waals surface area contributed by atoms with Crippen molar-refractivity contribution in [2.24, 2.45) is 46.3 Å². The fourth-order valence-corrected chi connectivity index (χ4v) is 10.0. The van der Waals surface area contributed by atoms with E-state index in [1.807, 2.05) is 6.07 Å². The molecule has 4 aliphatic rings. The van der Waals surface area contributed by atoms with E-state index in [1.54, 1.807) is 6.07 Å². The third kappa shape index (κ3) is 4.40. The average Bonchev–Trinajstić information content (AvgIpc) is 3.19. The van der Waals surface area contributed by atoms with Crippen molar-refractivity contribution >= 4 is 0 Å². The molecule has 0 bridgehead atoms. The number of fused-ring (bicyclic) bond motifs is 5. The van der Waals surface area contributed by atoms with Gasteiger partial charge in [0, 0.05) is 0 Å². The molecule has 1 aromatic rings. The second kappa shape index (κ2) is 9.72. The third-order valence-corrected chi connectivity index (χ3v) is 11.9. The maximum atomic E-state index is 13.5. The van der Waals surface area contributed by atoms with Crippen molar-refractivity contribution < 1.29 is 19.7 Å². The van der Waals surface area contributed by atoms with Crippen LogP contribution in [0.15, 0.2) is 24.3 Å². The van der Waals surface area contributed by atoms with Gasteiger partial charge in [-0.3, -0.25) is 0 Å². The minimum absolute atomic E-state index is 0.180. The van der Waals surface area contributed by atoms with Crippen molar-refractivity contribution in [3.8, 4) is 0 Å². The van der Waals surface area contributed by atoms with Crippen molar-refractivity contribution in [3.05, 3.63) is 35.6 Å². The van der Waals surface area contributed by atoms with Crippen molar-refractivity contribution in [1.29, 1.82) is 0 Å². The molecule has 3 N–H and O–H groups in total. The lowest BCUT2D eigenvalue weighted by atomic mass is 9.44. The summed E-state index contributed by atoms with van der Waals surface area (Å²) < 4.78 is 13.5. The number of benzene rings is 1. The Morgan fingerprint density at radius 1 is 0.914 bits per heavy atom. The molecule has 1 aromatic carbocycles. The van der Waals surface area contributed by atoms with Crippen LogP contribution in [0.5, 0.6) is 0 Å². The summed E-state index contributed by atoms with van der Waals surface area (Å²) in [6.45, 7) is 7.44. The largest absolute Gasteiger partial charge is 0.390 e. The van der Waals surface area contributed by atoms with Gasteiger partial charge in [-0.1, -0.05) is 45.7 Å². The molecule has 5 rings (SSSR count). The van der Waals surface area contributed by atoms with Crippen molar-refractivity contribution in [1.82, 2.24) is 0 Å². The topological polar surface area (TPSA) is 60.7 Å². The van der Waals surface area contributed by atoms with Gasteiger partial charge >= 0.3 is 0 Å². The normalized spacial score (nSPS) is 44.7. The molecule has 0 saturated heterocycles. The number of rotatable bonds is 6. The van der Waals surface area contributed by atoms with E-state index in [4.69, 9.17) is 0 Å². The predicted molar refractivity (Wildman–Crippen MR) is 137 cm³/mol.